The predicted octanol–water partition coefficient (Wildman–Crippen LogP) is 1.75. The first-order chi connectivity index (χ1) is 8.58. The summed E-state index contributed by atoms with van der Waals surface area (Å²) in [5.74, 6) is -0.814. The standard InChI is InChI=1S/C12H12N2O4/c15-11-6-5-8(7-10(11)14(17)18)12(16)13-9-3-1-2-4-9/h1-2,5-7,9,15H,3-4H2,(H,13,16). The van der Waals surface area contributed by atoms with Crippen molar-refractivity contribution in [2.75, 3.05) is 0 Å². The van der Waals surface area contributed by atoms with Gasteiger partial charge >= 0.3 is 5.69 Å². The number of carbonyl (C=O) groups excluding carboxylic acids is 1. The second-order valence-electron chi connectivity index (χ2n) is 4.07. The lowest BCUT2D eigenvalue weighted by molar-refractivity contribution is -0.385. The molecule has 1 aliphatic carbocycles. The van der Waals surface area contributed by atoms with Crippen LogP contribution < -0.4 is 5.32 Å². The van der Waals surface area contributed by atoms with Crippen molar-refractivity contribution >= 4 is 11.6 Å². The van der Waals surface area contributed by atoms with Crippen molar-refractivity contribution in [2.45, 2.75) is 18.9 Å². The van der Waals surface area contributed by atoms with Gasteiger partial charge in [0.25, 0.3) is 5.91 Å². The van der Waals surface area contributed by atoms with E-state index in [4.69, 9.17) is 0 Å². The molecule has 1 amide bonds. The average Bonchev–Trinajstić information content (AvgIpc) is 2.81. The van der Waals surface area contributed by atoms with Crippen molar-refractivity contribution in [3.05, 3.63) is 46.0 Å². The van der Waals surface area contributed by atoms with Gasteiger partial charge in [-0.05, 0) is 25.0 Å². The van der Waals surface area contributed by atoms with E-state index in [0.717, 1.165) is 25.0 Å². The van der Waals surface area contributed by atoms with Gasteiger partial charge in [0.05, 0.1) is 4.92 Å². The van der Waals surface area contributed by atoms with E-state index < -0.39 is 16.4 Å². The molecule has 0 saturated carbocycles. The summed E-state index contributed by atoms with van der Waals surface area (Å²) in [6, 6.07) is 3.64. The number of nitrogens with one attached hydrogen (secondary N) is 1. The normalized spacial score (nSPS) is 14.7. The van der Waals surface area contributed by atoms with Crippen LogP contribution >= 0.6 is 0 Å². The maximum absolute atomic E-state index is 11.8. The van der Waals surface area contributed by atoms with Crippen molar-refractivity contribution in [3.63, 3.8) is 0 Å². The Morgan fingerprint density at radius 1 is 1.39 bits per heavy atom. The molecule has 0 radical (unpaired) electrons. The van der Waals surface area contributed by atoms with E-state index in [-0.39, 0.29) is 17.5 Å². The van der Waals surface area contributed by atoms with Gasteiger partial charge in [-0.3, -0.25) is 14.9 Å². The molecule has 0 spiro atoms. The van der Waals surface area contributed by atoms with E-state index in [1.807, 2.05) is 12.2 Å². The molecular formula is C12H12N2O4. The maximum atomic E-state index is 11.8. The van der Waals surface area contributed by atoms with Crippen LogP contribution in [0.25, 0.3) is 0 Å². The summed E-state index contributed by atoms with van der Waals surface area (Å²) in [5, 5.41) is 22.7. The van der Waals surface area contributed by atoms with Crippen molar-refractivity contribution < 1.29 is 14.8 Å². The highest BCUT2D eigenvalue weighted by atomic mass is 16.6. The highest BCUT2D eigenvalue weighted by molar-refractivity contribution is 5.95. The SMILES string of the molecule is O=C(NC1CC=CC1)c1ccc(O)c([N+](=O)[O-])c1. The molecule has 18 heavy (non-hydrogen) atoms. The summed E-state index contributed by atoms with van der Waals surface area (Å²) in [7, 11) is 0. The lowest BCUT2D eigenvalue weighted by Crippen LogP contribution is -2.32. The van der Waals surface area contributed by atoms with Gasteiger partial charge in [-0.15, -0.1) is 0 Å². The Kier molecular flexibility index (Phi) is 3.27. The molecule has 0 aromatic heterocycles. The molecular weight excluding hydrogens is 236 g/mol. The summed E-state index contributed by atoms with van der Waals surface area (Å²) in [4.78, 5) is 21.8. The van der Waals surface area contributed by atoms with Crippen LogP contribution in [0.2, 0.25) is 0 Å². The largest absolute Gasteiger partial charge is 0.502 e. The minimum Gasteiger partial charge on any atom is -0.502 e. The van der Waals surface area contributed by atoms with Crippen molar-refractivity contribution in [3.8, 4) is 5.75 Å². The fourth-order valence-electron chi connectivity index (χ4n) is 1.81. The van der Waals surface area contributed by atoms with Crippen LogP contribution in [0.5, 0.6) is 5.75 Å². The van der Waals surface area contributed by atoms with Gasteiger partial charge in [-0.25, -0.2) is 0 Å². The molecule has 94 valence electrons. The molecule has 0 bridgehead atoms. The van der Waals surface area contributed by atoms with Crippen LogP contribution in [-0.4, -0.2) is 22.0 Å². The number of rotatable bonds is 3. The minimum absolute atomic E-state index is 0.0466. The third-order valence-electron chi connectivity index (χ3n) is 2.78. The number of amides is 1. The van der Waals surface area contributed by atoms with E-state index in [1.54, 1.807) is 0 Å². The zero-order valence-corrected chi connectivity index (χ0v) is 9.50. The topological polar surface area (TPSA) is 92.5 Å². The van der Waals surface area contributed by atoms with Gasteiger partial charge in [0, 0.05) is 17.7 Å². The number of benzene rings is 1. The Hall–Kier alpha value is -2.37. The number of nitrogens with zero attached hydrogens (tertiary/aromatic N) is 1. The number of hydrogen-bond acceptors (Lipinski definition) is 4. The lowest BCUT2D eigenvalue weighted by atomic mass is 10.1. The van der Waals surface area contributed by atoms with Gasteiger partial charge < -0.3 is 10.4 Å². The van der Waals surface area contributed by atoms with Crippen LogP contribution in [-0.2, 0) is 0 Å². The third kappa shape index (κ3) is 2.48. The van der Waals surface area contributed by atoms with E-state index in [2.05, 4.69) is 5.32 Å². The molecule has 6 nitrogen and oxygen atoms in total. The maximum Gasteiger partial charge on any atom is 0.311 e. The quantitative estimate of drug-likeness (QED) is 0.484. The van der Waals surface area contributed by atoms with Gasteiger partial charge in [0.2, 0.25) is 0 Å². The molecule has 0 atom stereocenters. The summed E-state index contributed by atoms with van der Waals surface area (Å²) >= 11 is 0. The molecule has 0 saturated heterocycles. The fourth-order valence-corrected chi connectivity index (χ4v) is 1.81. The number of aromatic hydroxyl groups is 1. The van der Waals surface area contributed by atoms with Crippen LogP contribution in [0.15, 0.2) is 30.4 Å². The van der Waals surface area contributed by atoms with Crippen molar-refractivity contribution in [1.82, 2.24) is 5.32 Å². The first kappa shape index (κ1) is 12.1. The summed E-state index contributed by atoms with van der Waals surface area (Å²) in [6.45, 7) is 0. The van der Waals surface area contributed by atoms with Crippen LogP contribution in [0.4, 0.5) is 5.69 Å². The van der Waals surface area contributed by atoms with E-state index >= 15 is 0 Å². The Balaban J connectivity index is 2.15. The van der Waals surface area contributed by atoms with Crippen LogP contribution in [0, 0.1) is 10.1 Å². The molecule has 0 fully saturated rings. The summed E-state index contributed by atoms with van der Waals surface area (Å²) < 4.78 is 0. The average molecular weight is 248 g/mol. The fraction of sp³-hybridized carbons (Fsp3) is 0.250. The second kappa shape index (κ2) is 4.87. The van der Waals surface area contributed by atoms with Gasteiger partial charge in [0.15, 0.2) is 5.75 Å². The minimum atomic E-state index is -0.719. The predicted molar refractivity (Wildman–Crippen MR) is 64.4 cm³/mol. The van der Waals surface area contributed by atoms with Gasteiger partial charge in [-0.1, -0.05) is 12.2 Å². The number of phenols is 1. The van der Waals surface area contributed by atoms with Gasteiger partial charge in [0.1, 0.15) is 0 Å². The van der Waals surface area contributed by atoms with E-state index in [9.17, 15) is 20.0 Å². The third-order valence-corrected chi connectivity index (χ3v) is 2.78. The first-order valence-corrected chi connectivity index (χ1v) is 5.51. The molecule has 0 heterocycles. The number of phenolic OH excluding ortho intramolecular Hbond substituents is 1. The van der Waals surface area contributed by atoms with Crippen LogP contribution in [0.3, 0.4) is 0 Å². The summed E-state index contributed by atoms with van der Waals surface area (Å²) in [6.07, 6.45) is 5.49. The molecule has 0 aliphatic heterocycles. The summed E-state index contributed by atoms with van der Waals surface area (Å²) in [5.41, 5.74) is -0.293. The molecule has 1 aromatic rings. The number of nitro benzene ring substituents is 1. The molecule has 0 unspecified atom stereocenters. The Bertz CT molecular complexity index is 517. The molecule has 2 rings (SSSR count). The highest BCUT2D eigenvalue weighted by Crippen LogP contribution is 2.26. The Morgan fingerprint density at radius 2 is 2.06 bits per heavy atom. The monoisotopic (exact) mass is 248 g/mol. The Morgan fingerprint density at radius 3 is 2.67 bits per heavy atom. The molecule has 1 aliphatic rings. The zero-order valence-electron chi connectivity index (χ0n) is 9.50. The lowest BCUT2D eigenvalue weighted by Gasteiger charge is -2.11. The molecule has 2 N–H and O–H groups in total. The Labute approximate surface area is 103 Å². The number of hydrogen-bond donors (Lipinski definition) is 2. The zero-order chi connectivity index (χ0) is 13.1. The van der Waals surface area contributed by atoms with Crippen molar-refractivity contribution in [2.24, 2.45) is 0 Å². The number of nitro groups is 1. The van der Waals surface area contributed by atoms with Crippen molar-refractivity contribution in [1.29, 1.82) is 0 Å². The smallest absolute Gasteiger partial charge is 0.311 e. The molecule has 6 heteroatoms. The van der Waals surface area contributed by atoms with Crippen LogP contribution in [0.1, 0.15) is 23.2 Å². The van der Waals surface area contributed by atoms with E-state index in [0.29, 0.717) is 0 Å². The number of carbonyl (C=O) groups is 1. The molecule has 1 aromatic carbocycles. The van der Waals surface area contributed by atoms with Gasteiger partial charge in [-0.2, -0.15) is 0 Å². The van der Waals surface area contributed by atoms with E-state index in [1.165, 1.54) is 6.07 Å². The second-order valence-corrected chi connectivity index (χ2v) is 4.07. The highest BCUT2D eigenvalue weighted by Gasteiger charge is 2.19. The first-order valence-electron chi connectivity index (χ1n) is 5.51.